The van der Waals surface area contributed by atoms with E-state index in [2.05, 4.69) is 10.4 Å². The molecule has 3 rings (SSSR count). The molecular weight excluding hydrogens is 301 g/mol. The summed E-state index contributed by atoms with van der Waals surface area (Å²) in [6.45, 7) is 1.93. The summed E-state index contributed by atoms with van der Waals surface area (Å²) in [5.41, 5.74) is 1.53. The number of hydrogen-bond acceptors (Lipinski definition) is 4. The monoisotopic (exact) mass is 321 g/mol. The van der Waals surface area contributed by atoms with E-state index in [1.165, 1.54) is 12.1 Å². The van der Waals surface area contributed by atoms with E-state index in [4.69, 9.17) is 0 Å². The van der Waals surface area contributed by atoms with Crippen LogP contribution in [0.15, 0.2) is 36.7 Å². The van der Waals surface area contributed by atoms with Crippen molar-refractivity contribution in [1.82, 2.24) is 15.1 Å². The molecule has 1 unspecified atom stereocenters. The summed E-state index contributed by atoms with van der Waals surface area (Å²) in [5.74, 6) is 1.62. The molecule has 2 N–H and O–H groups in total. The van der Waals surface area contributed by atoms with Crippen LogP contribution in [0.5, 0.6) is 0 Å². The minimum Gasteiger partial charge on any atom is -0.388 e. The van der Waals surface area contributed by atoms with Crippen LogP contribution >= 0.6 is 11.8 Å². The zero-order valence-corrected chi connectivity index (χ0v) is 13.2. The topological polar surface area (TPSA) is 50.1 Å². The van der Waals surface area contributed by atoms with E-state index in [1.807, 2.05) is 17.1 Å². The molecular formula is C16H20FN3OS. The highest BCUT2D eigenvalue weighted by Crippen LogP contribution is 2.26. The van der Waals surface area contributed by atoms with Crippen molar-refractivity contribution in [2.45, 2.75) is 25.1 Å². The second-order valence-electron chi connectivity index (χ2n) is 5.80. The number of nitrogens with one attached hydrogen (secondary N) is 1. The zero-order valence-electron chi connectivity index (χ0n) is 12.3. The molecule has 1 aliphatic heterocycles. The van der Waals surface area contributed by atoms with E-state index in [1.54, 1.807) is 23.9 Å². The maximum atomic E-state index is 12.9. The van der Waals surface area contributed by atoms with Crippen molar-refractivity contribution in [3.8, 4) is 0 Å². The molecule has 1 aliphatic rings. The van der Waals surface area contributed by atoms with Crippen LogP contribution in [0.1, 0.15) is 17.5 Å². The largest absolute Gasteiger partial charge is 0.388 e. The zero-order chi connectivity index (χ0) is 15.4. The molecule has 2 aromatic rings. The van der Waals surface area contributed by atoms with E-state index in [0.29, 0.717) is 19.6 Å². The van der Waals surface area contributed by atoms with Crippen molar-refractivity contribution in [2.24, 2.45) is 0 Å². The van der Waals surface area contributed by atoms with Gasteiger partial charge in [-0.2, -0.15) is 16.9 Å². The molecule has 0 amide bonds. The smallest absolute Gasteiger partial charge is 0.123 e. The summed E-state index contributed by atoms with van der Waals surface area (Å²) in [6.07, 6.45) is 4.66. The third-order valence-electron chi connectivity index (χ3n) is 3.81. The van der Waals surface area contributed by atoms with Gasteiger partial charge < -0.3 is 10.4 Å². The Morgan fingerprint density at radius 2 is 2.14 bits per heavy atom. The Labute approximate surface area is 133 Å². The lowest BCUT2D eigenvalue weighted by atomic mass is 10.0. The molecule has 118 valence electrons. The average Bonchev–Trinajstić information content (AvgIpc) is 3.12. The van der Waals surface area contributed by atoms with Crippen LogP contribution in [-0.2, 0) is 13.1 Å². The maximum absolute atomic E-state index is 12.9. The molecule has 1 aromatic heterocycles. The number of hydrogen-bond donors (Lipinski definition) is 2. The van der Waals surface area contributed by atoms with Crippen molar-refractivity contribution in [1.29, 1.82) is 0 Å². The molecule has 0 radical (unpaired) electrons. The van der Waals surface area contributed by atoms with Crippen LogP contribution in [0, 0.1) is 5.82 Å². The summed E-state index contributed by atoms with van der Waals surface area (Å²) >= 11 is 1.80. The fraction of sp³-hybridized carbons (Fsp3) is 0.438. The van der Waals surface area contributed by atoms with Gasteiger partial charge in [0.05, 0.1) is 18.3 Å². The van der Waals surface area contributed by atoms with E-state index in [-0.39, 0.29) is 5.82 Å². The van der Waals surface area contributed by atoms with Gasteiger partial charge in [-0.15, -0.1) is 0 Å². The van der Waals surface area contributed by atoms with Crippen LogP contribution < -0.4 is 5.32 Å². The Morgan fingerprint density at radius 3 is 2.86 bits per heavy atom. The Hall–Kier alpha value is -1.37. The normalized spacial score (nSPS) is 21.4. The van der Waals surface area contributed by atoms with Gasteiger partial charge in [0, 0.05) is 30.6 Å². The summed E-state index contributed by atoms with van der Waals surface area (Å²) in [5, 5.41) is 17.9. The lowest BCUT2D eigenvalue weighted by molar-refractivity contribution is 0.0674. The highest BCUT2D eigenvalue weighted by Gasteiger charge is 2.30. The highest BCUT2D eigenvalue weighted by atomic mass is 32.2. The van der Waals surface area contributed by atoms with Gasteiger partial charge in [0.15, 0.2) is 0 Å². The molecule has 1 fully saturated rings. The molecule has 1 aromatic carbocycles. The van der Waals surface area contributed by atoms with Crippen molar-refractivity contribution in [3.63, 3.8) is 0 Å². The Balaban J connectivity index is 1.49. The number of rotatable bonds is 6. The number of halogens is 1. The van der Waals surface area contributed by atoms with Crippen molar-refractivity contribution < 1.29 is 9.50 Å². The maximum Gasteiger partial charge on any atom is 0.123 e. The predicted molar refractivity (Wildman–Crippen MR) is 86.3 cm³/mol. The minimum absolute atomic E-state index is 0.225. The number of thioether (sulfide) groups is 1. The average molecular weight is 321 g/mol. The van der Waals surface area contributed by atoms with E-state index < -0.39 is 5.60 Å². The Kier molecular flexibility index (Phi) is 4.81. The molecule has 1 atom stereocenters. The van der Waals surface area contributed by atoms with Gasteiger partial charge in [-0.05, 0) is 29.9 Å². The summed E-state index contributed by atoms with van der Waals surface area (Å²) < 4.78 is 14.7. The lowest BCUT2D eigenvalue weighted by Gasteiger charge is -2.21. The van der Waals surface area contributed by atoms with Crippen molar-refractivity contribution in [2.75, 3.05) is 18.1 Å². The summed E-state index contributed by atoms with van der Waals surface area (Å²) in [4.78, 5) is 0. The molecule has 6 heteroatoms. The standard InChI is InChI=1S/C16H20FN3OS/c17-15-3-1-13(2-4-15)9-20-10-14(8-19-20)7-18-11-16(21)5-6-22-12-16/h1-4,8,10,18,21H,5-7,9,11-12H2. The Bertz CT molecular complexity index is 608. The fourth-order valence-electron chi connectivity index (χ4n) is 2.54. The summed E-state index contributed by atoms with van der Waals surface area (Å²) in [7, 11) is 0. The van der Waals surface area contributed by atoms with Crippen LogP contribution in [0.3, 0.4) is 0 Å². The molecule has 1 saturated heterocycles. The van der Waals surface area contributed by atoms with E-state index >= 15 is 0 Å². The molecule has 4 nitrogen and oxygen atoms in total. The van der Waals surface area contributed by atoms with E-state index in [9.17, 15) is 9.50 Å². The number of nitrogens with zero attached hydrogens (tertiary/aromatic N) is 2. The number of aliphatic hydroxyl groups is 1. The third kappa shape index (κ3) is 4.09. The quantitative estimate of drug-likeness (QED) is 0.855. The van der Waals surface area contributed by atoms with Gasteiger partial charge >= 0.3 is 0 Å². The SMILES string of the molecule is OC1(CNCc2cnn(Cc3ccc(F)cc3)c2)CCSC1. The molecule has 22 heavy (non-hydrogen) atoms. The minimum atomic E-state index is -0.561. The first kappa shape index (κ1) is 15.5. The molecule has 0 spiro atoms. The van der Waals surface area contributed by atoms with Crippen molar-refractivity contribution >= 4 is 11.8 Å². The first-order chi connectivity index (χ1) is 10.6. The third-order valence-corrected chi connectivity index (χ3v) is 5.04. The van der Waals surface area contributed by atoms with E-state index in [0.717, 1.165) is 29.1 Å². The second kappa shape index (κ2) is 6.81. The fourth-order valence-corrected chi connectivity index (χ4v) is 3.83. The molecule has 0 saturated carbocycles. The first-order valence-corrected chi connectivity index (χ1v) is 8.55. The highest BCUT2D eigenvalue weighted by molar-refractivity contribution is 7.99. The number of benzene rings is 1. The van der Waals surface area contributed by atoms with Gasteiger partial charge in [0.25, 0.3) is 0 Å². The van der Waals surface area contributed by atoms with Crippen LogP contribution in [-0.4, -0.2) is 38.5 Å². The lowest BCUT2D eigenvalue weighted by Crippen LogP contribution is -2.40. The Morgan fingerprint density at radius 1 is 1.32 bits per heavy atom. The molecule has 0 bridgehead atoms. The van der Waals surface area contributed by atoms with Crippen LogP contribution in [0.4, 0.5) is 4.39 Å². The van der Waals surface area contributed by atoms with Gasteiger partial charge in [-0.3, -0.25) is 4.68 Å². The number of aromatic nitrogens is 2. The predicted octanol–water partition coefficient (Wildman–Crippen LogP) is 2.03. The second-order valence-corrected chi connectivity index (χ2v) is 6.91. The van der Waals surface area contributed by atoms with Crippen molar-refractivity contribution in [3.05, 3.63) is 53.6 Å². The molecule has 0 aliphatic carbocycles. The van der Waals surface area contributed by atoms with Gasteiger partial charge in [0.2, 0.25) is 0 Å². The molecule has 2 heterocycles. The van der Waals surface area contributed by atoms with Gasteiger partial charge in [-0.25, -0.2) is 4.39 Å². The first-order valence-electron chi connectivity index (χ1n) is 7.40. The summed E-state index contributed by atoms with van der Waals surface area (Å²) in [6, 6.07) is 6.45. The van der Waals surface area contributed by atoms with Gasteiger partial charge in [-0.1, -0.05) is 12.1 Å². The van der Waals surface area contributed by atoms with Crippen LogP contribution in [0.25, 0.3) is 0 Å². The van der Waals surface area contributed by atoms with Gasteiger partial charge in [0.1, 0.15) is 5.82 Å². The van der Waals surface area contributed by atoms with Crippen LogP contribution in [0.2, 0.25) is 0 Å².